The van der Waals surface area contributed by atoms with E-state index in [4.69, 9.17) is 0 Å². The normalized spacial score (nSPS) is 15.3. The Bertz CT molecular complexity index is 746. The molecule has 1 aliphatic rings. The van der Waals surface area contributed by atoms with E-state index in [1.54, 1.807) is 13.0 Å². The largest absolute Gasteiger partial charge is 0.394 e. The van der Waals surface area contributed by atoms with E-state index in [1.165, 1.54) is 6.07 Å². The van der Waals surface area contributed by atoms with E-state index in [2.05, 4.69) is 20.6 Å². The summed E-state index contributed by atoms with van der Waals surface area (Å²) in [6.45, 7) is 5.82. The first-order valence-corrected chi connectivity index (χ1v) is 8.76. The predicted molar refractivity (Wildman–Crippen MR) is 97.8 cm³/mol. The lowest BCUT2D eigenvalue weighted by atomic mass is 10.1. The van der Waals surface area contributed by atoms with Crippen LogP contribution in [0.5, 0.6) is 0 Å². The van der Waals surface area contributed by atoms with Crippen molar-refractivity contribution in [2.24, 2.45) is 5.92 Å². The number of aromatic nitrogens is 2. The minimum atomic E-state index is -0.250. The Hall–Kier alpha value is -2.21. The molecule has 3 rings (SSSR count). The molecule has 0 saturated heterocycles. The van der Waals surface area contributed by atoms with Crippen LogP contribution >= 0.6 is 0 Å². The van der Waals surface area contributed by atoms with Gasteiger partial charge in [-0.3, -0.25) is 0 Å². The van der Waals surface area contributed by atoms with E-state index in [1.807, 2.05) is 26.0 Å². The van der Waals surface area contributed by atoms with Gasteiger partial charge < -0.3 is 15.7 Å². The molecule has 134 valence electrons. The molecule has 5 nitrogen and oxygen atoms in total. The summed E-state index contributed by atoms with van der Waals surface area (Å²) in [5.41, 5.74) is 2.22. The lowest BCUT2D eigenvalue weighted by molar-refractivity contribution is 0.248. The Morgan fingerprint density at radius 1 is 1.28 bits per heavy atom. The second-order valence-corrected chi connectivity index (χ2v) is 6.99. The SMILES string of the molecule is Cc1c(F)cccc1Nc1cc(C2CC2)nc(N[C@H](CO)C(C)C)n1. The summed E-state index contributed by atoms with van der Waals surface area (Å²) in [7, 11) is 0. The van der Waals surface area contributed by atoms with Crippen LogP contribution in [0.2, 0.25) is 0 Å². The highest BCUT2D eigenvalue weighted by atomic mass is 19.1. The van der Waals surface area contributed by atoms with Crippen LogP contribution in [-0.2, 0) is 0 Å². The maximum atomic E-state index is 13.8. The Labute approximate surface area is 147 Å². The van der Waals surface area contributed by atoms with Crippen LogP contribution in [0.3, 0.4) is 0 Å². The first-order chi connectivity index (χ1) is 12.0. The van der Waals surface area contributed by atoms with Crippen LogP contribution in [0.1, 0.15) is 43.9 Å². The molecule has 0 aliphatic heterocycles. The van der Waals surface area contributed by atoms with Crippen LogP contribution in [0.4, 0.5) is 21.8 Å². The van der Waals surface area contributed by atoms with E-state index in [9.17, 15) is 9.50 Å². The topological polar surface area (TPSA) is 70.1 Å². The summed E-state index contributed by atoms with van der Waals surface area (Å²) in [5.74, 6) is 1.59. The minimum absolute atomic E-state index is 0.0143. The van der Waals surface area contributed by atoms with Crippen molar-refractivity contribution in [3.8, 4) is 0 Å². The molecule has 1 saturated carbocycles. The van der Waals surface area contributed by atoms with Gasteiger partial charge in [-0.25, -0.2) is 9.37 Å². The van der Waals surface area contributed by atoms with Gasteiger partial charge in [0, 0.05) is 23.2 Å². The number of aliphatic hydroxyl groups is 1. The molecule has 0 radical (unpaired) electrons. The van der Waals surface area contributed by atoms with Gasteiger partial charge in [0.05, 0.1) is 18.3 Å². The maximum Gasteiger partial charge on any atom is 0.225 e. The van der Waals surface area contributed by atoms with Crippen molar-refractivity contribution in [2.45, 2.75) is 45.6 Å². The van der Waals surface area contributed by atoms with Crippen molar-refractivity contribution in [3.05, 3.63) is 41.3 Å². The summed E-state index contributed by atoms with van der Waals surface area (Å²) in [5, 5.41) is 16.0. The van der Waals surface area contributed by atoms with Gasteiger partial charge in [0.15, 0.2) is 0 Å². The number of nitrogens with one attached hydrogen (secondary N) is 2. The Kier molecular flexibility index (Phi) is 5.18. The molecule has 0 amide bonds. The monoisotopic (exact) mass is 344 g/mol. The number of halogens is 1. The molecule has 1 atom stereocenters. The number of rotatable bonds is 7. The molecule has 3 N–H and O–H groups in total. The molecular weight excluding hydrogens is 319 g/mol. The maximum absolute atomic E-state index is 13.8. The zero-order valence-electron chi connectivity index (χ0n) is 14.9. The minimum Gasteiger partial charge on any atom is -0.394 e. The smallest absolute Gasteiger partial charge is 0.225 e. The molecule has 6 heteroatoms. The van der Waals surface area contributed by atoms with Gasteiger partial charge in [-0.2, -0.15) is 4.98 Å². The van der Waals surface area contributed by atoms with Gasteiger partial charge in [-0.15, -0.1) is 0 Å². The Morgan fingerprint density at radius 3 is 2.68 bits per heavy atom. The lowest BCUT2D eigenvalue weighted by Gasteiger charge is -2.21. The van der Waals surface area contributed by atoms with Crippen LogP contribution in [0.25, 0.3) is 0 Å². The Balaban J connectivity index is 1.89. The third-order valence-corrected chi connectivity index (χ3v) is 4.59. The number of aliphatic hydroxyl groups excluding tert-OH is 1. The van der Waals surface area contributed by atoms with Gasteiger partial charge >= 0.3 is 0 Å². The highest BCUT2D eigenvalue weighted by molar-refractivity contribution is 5.61. The standard InChI is InChI=1S/C19H25FN4O/c1-11(2)17(10-25)23-19-22-16(13-7-8-13)9-18(24-19)21-15-6-4-5-14(20)12(15)3/h4-6,9,11,13,17,25H,7-8,10H2,1-3H3,(H2,21,22,23,24)/t17-/m1/s1. The second-order valence-electron chi connectivity index (χ2n) is 6.99. The highest BCUT2D eigenvalue weighted by Gasteiger charge is 2.27. The third-order valence-electron chi connectivity index (χ3n) is 4.59. The average Bonchev–Trinajstić information content (AvgIpc) is 3.41. The number of anilines is 3. The summed E-state index contributed by atoms with van der Waals surface area (Å²) >= 11 is 0. The molecule has 1 aliphatic carbocycles. The van der Waals surface area contributed by atoms with Crippen molar-refractivity contribution in [1.29, 1.82) is 0 Å². The summed E-state index contributed by atoms with van der Waals surface area (Å²) in [4.78, 5) is 9.11. The van der Waals surface area contributed by atoms with Crippen LogP contribution in [0.15, 0.2) is 24.3 Å². The molecule has 0 spiro atoms. The summed E-state index contributed by atoms with van der Waals surface area (Å²) in [6, 6.07) is 6.76. The zero-order chi connectivity index (χ0) is 18.0. The average molecular weight is 344 g/mol. The summed E-state index contributed by atoms with van der Waals surface area (Å²) in [6.07, 6.45) is 2.25. The van der Waals surface area contributed by atoms with Gasteiger partial charge in [0.25, 0.3) is 0 Å². The number of nitrogens with zero attached hydrogens (tertiary/aromatic N) is 2. The fraction of sp³-hybridized carbons (Fsp3) is 0.474. The zero-order valence-corrected chi connectivity index (χ0v) is 14.9. The van der Waals surface area contributed by atoms with Gasteiger partial charge in [0.1, 0.15) is 11.6 Å². The molecular formula is C19H25FN4O. The third kappa shape index (κ3) is 4.25. The Morgan fingerprint density at radius 2 is 2.04 bits per heavy atom. The fourth-order valence-corrected chi connectivity index (χ4v) is 2.65. The van der Waals surface area contributed by atoms with Crippen molar-refractivity contribution < 1.29 is 9.50 Å². The number of hydrogen-bond donors (Lipinski definition) is 3. The molecule has 0 bridgehead atoms. The fourth-order valence-electron chi connectivity index (χ4n) is 2.65. The number of hydrogen-bond acceptors (Lipinski definition) is 5. The quantitative estimate of drug-likeness (QED) is 0.709. The molecule has 1 aromatic carbocycles. The molecule has 0 unspecified atom stereocenters. The van der Waals surface area contributed by atoms with Gasteiger partial charge in [-0.1, -0.05) is 19.9 Å². The van der Waals surface area contributed by atoms with E-state index in [-0.39, 0.29) is 24.4 Å². The predicted octanol–water partition coefficient (Wildman–Crippen LogP) is 3.97. The van der Waals surface area contributed by atoms with Crippen molar-refractivity contribution in [2.75, 3.05) is 17.2 Å². The van der Waals surface area contributed by atoms with E-state index in [0.29, 0.717) is 28.9 Å². The second kappa shape index (κ2) is 7.35. The van der Waals surface area contributed by atoms with Crippen molar-refractivity contribution in [3.63, 3.8) is 0 Å². The molecule has 25 heavy (non-hydrogen) atoms. The first-order valence-electron chi connectivity index (χ1n) is 8.76. The van der Waals surface area contributed by atoms with Crippen molar-refractivity contribution in [1.82, 2.24) is 9.97 Å². The number of benzene rings is 1. The lowest BCUT2D eigenvalue weighted by Crippen LogP contribution is -2.30. The molecule has 1 heterocycles. The first kappa shape index (κ1) is 17.6. The van der Waals surface area contributed by atoms with Crippen LogP contribution < -0.4 is 10.6 Å². The molecule has 1 fully saturated rings. The molecule has 2 aromatic rings. The highest BCUT2D eigenvalue weighted by Crippen LogP contribution is 2.40. The summed E-state index contributed by atoms with van der Waals surface area (Å²) < 4.78 is 13.8. The van der Waals surface area contributed by atoms with Gasteiger partial charge in [0.2, 0.25) is 5.95 Å². The van der Waals surface area contributed by atoms with Crippen molar-refractivity contribution >= 4 is 17.5 Å². The van der Waals surface area contributed by atoms with E-state index >= 15 is 0 Å². The van der Waals surface area contributed by atoms with E-state index in [0.717, 1.165) is 18.5 Å². The van der Waals surface area contributed by atoms with E-state index < -0.39 is 0 Å². The van der Waals surface area contributed by atoms with Crippen LogP contribution in [-0.4, -0.2) is 27.7 Å². The van der Waals surface area contributed by atoms with Crippen LogP contribution in [0, 0.1) is 18.7 Å². The molecule has 1 aromatic heterocycles. The van der Waals surface area contributed by atoms with Gasteiger partial charge in [-0.05, 0) is 37.8 Å².